The first-order valence-corrected chi connectivity index (χ1v) is 17.1. The van der Waals surface area contributed by atoms with Crippen LogP contribution in [-0.2, 0) is 29.9 Å². The van der Waals surface area contributed by atoms with Crippen LogP contribution >= 0.6 is 0 Å². The maximum absolute atomic E-state index is 15.0. The van der Waals surface area contributed by atoms with E-state index >= 15 is 17.6 Å². The van der Waals surface area contributed by atoms with E-state index in [4.69, 9.17) is 14.2 Å². The first-order chi connectivity index (χ1) is 24.9. The molecule has 13 heteroatoms. The van der Waals surface area contributed by atoms with Crippen molar-refractivity contribution < 1.29 is 59.7 Å². The van der Waals surface area contributed by atoms with Gasteiger partial charge in [0, 0.05) is 25.0 Å². The minimum absolute atomic E-state index is 0.0157. The standard InChI is InChI=1S/C39H42F6O7/c1-3-34(47)50-22-12-8-6-5-7-11-21-49-28-17-15-26(16-18-28)27-24-30(40)36(31(41)25-27)39(44,45)52-33-20-19-29(37(42)38(33)43)32(46)14-10-9-13-23-51-35(48)4-2/h3-4,15,17,19-20,24-25H,1-2,5-14,16,18,21-23H2. The van der Waals surface area contributed by atoms with Crippen molar-refractivity contribution >= 4 is 23.3 Å². The average Bonchev–Trinajstić information content (AvgIpc) is 3.11. The number of carbonyl (C=O) groups is 3. The van der Waals surface area contributed by atoms with Gasteiger partial charge in [0.15, 0.2) is 17.3 Å². The van der Waals surface area contributed by atoms with Crippen LogP contribution in [-0.4, -0.2) is 37.5 Å². The van der Waals surface area contributed by atoms with Crippen molar-refractivity contribution in [2.45, 2.75) is 83.2 Å². The number of allylic oxidation sites excluding steroid dienone is 4. The van der Waals surface area contributed by atoms with E-state index in [0.29, 0.717) is 68.4 Å². The molecule has 0 saturated carbocycles. The van der Waals surface area contributed by atoms with E-state index < -0.39 is 64.0 Å². The van der Waals surface area contributed by atoms with Crippen molar-refractivity contribution in [3.8, 4) is 5.75 Å². The Morgan fingerprint density at radius 3 is 1.83 bits per heavy atom. The molecule has 0 bridgehead atoms. The van der Waals surface area contributed by atoms with E-state index in [-0.39, 0.29) is 25.0 Å². The summed E-state index contributed by atoms with van der Waals surface area (Å²) in [5, 5.41) is 0. The summed E-state index contributed by atoms with van der Waals surface area (Å²) in [6.07, 6.45) is 7.76. The van der Waals surface area contributed by atoms with Gasteiger partial charge in [-0.15, -0.1) is 0 Å². The van der Waals surface area contributed by atoms with Gasteiger partial charge in [-0.3, -0.25) is 4.79 Å². The summed E-state index contributed by atoms with van der Waals surface area (Å²) in [5.41, 5.74) is -2.00. The number of ketones is 1. The summed E-state index contributed by atoms with van der Waals surface area (Å²) >= 11 is 0. The van der Waals surface area contributed by atoms with Crippen LogP contribution in [0.2, 0.25) is 0 Å². The van der Waals surface area contributed by atoms with Crippen LogP contribution in [0.4, 0.5) is 26.3 Å². The van der Waals surface area contributed by atoms with Crippen molar-refractivity contribution in [1.29, 1.82) is 0 Å². The second kappa shape index (κ2) is 20.9. The number of Topliss-reactive ketones (excluding diaryl/α,β-unsaturated/α-hetero) is 1. The highest BCUT2D eigenvalue weighted by Gasteiger charge is 2.42. The van der Waals surface area contributed by atoms with E-state index in [9.17, 15) is 23.2 Å². The number of hydrogen-bond acceptors (Lipinski definition) is 7. The molecule has 0 N–H and O–H groups in total. The van der Waals surface area contributed by atoms with Crippen LogP contribution in [0.3, 0.4) is 0 Å². The normalized spacial score (nSPS) is 12.7. The third-order valence-corrected chi connectivity index (χ3v) is 8.10. The predicted octanol–water partition coefficient (Wildman–Crippen LogP) is 9.99. The molecule has 1 aliphatic carbocycles. The number of benzene rings is 2. The van der Waals surface area contributed by atoms with Crippen molar-refractivity contribution in [3.05, 3.63) is 107 Å². The zero-order valence-corrected chi connectivity index (χ0v) is 28.8. The number of carbonyl (C=O) groups excluding carboxylic acids is 3. The van der Waals surface area contributed by atoms with E-state index in [1.54, 1.807) is 12.2 Å². The van der Waals surface area contributed by atoms with Gasteiger partial charge in [0.25, 0.3) is 0 Å². The van der Waals surface area contributed by atoms with E-state index in [1.807, 2.05) is 0 Å². The van der Waals surface area contributed by atoms with Crippen molar-refractivity contribution in [1.82, 2.24) is 0 Å². The molecule has 282 valence electrons. The van der Waals surface area contributed by atoms with Crippen LogP contribution in [0, 0.1) is 23.3 Å². The fraction of sp³-hybridized carbons (Fsp3) is 0.410. The maximum atomic E-state index is 15.0. The van der Waals surface area contributed by atoms with Gasteiger partial charge in [0.05, 0.1) is 31.1 Å². The van der Waals surface area contributed by atoms with E-state index in [2.05, 4.69) is 17.9 Å². The Morgan fingerprint density at radius 1 is 0.712 bits per heavy atom. The largest absolute Gasteiger partial charge is 0.498 e. The average molecular weight is 737 g/mol. The number of hydrogen-bond donors (Lipinski definition) is 0. The fourth-order valence-electron chi connectivity index (χ4n) is 5.31. The predicted molar refractivity (Wildman–Crippen MR) is 181 cm³/mol. The number of halogens is 6. The molecule has 0 amide bonds. The minimum atomic E-state index is -4.75. The summed E-state index contributed by atoms with van der Waals surface area (Å²) in [4.78, 5) is 34.4. The lowest BCUT2D eigenvalue weighted by molar-refractivity contribution is -0.191. The Hall–Kier alpha value is -4.81. The number of unbranched alkanes of at least 4 members (excludes halogenated alkanes) is 7. The lowest BCUT2D eigenvalue weighted by Gasteiger charge is -2.21. The molecular formula is C39H42F6O7. The molecule has 0 saturated heterocycles. The third-order valence-electron chi connectivity index (χ3n) is 8.10. The van der Waals surface area contributed by atoms with Crippen LogP contribution in [0.5, 0.6) is 5.75 Å². The quantitative estimate of drug-likeness (QED) is 0.0369. The summed E-state index contributed by atoms with van der Waals surface area (Å²) in [7, 11) is 0. The molecule has 52 heavy (non-hydrogen) atoms. The van der Waals surface area contributed by atoms with Crippen LogP contribution in [0.15, 0.2) is 67.5 Å². The molecule has 7 nitrogen and oxygen atoms in total. The Morgan fingerprint density at radius 2 is 1.27 bits per heavy atom. The van der Waals surface area contributed by atoms with Crippen LogP contribution < -0.4 is 4.74 Å². The Balaban J connectivity index is 1.52. The molecule has 0 aromatic heterocycles. The van der Waals surface area contributed by atoms with E-state index in [1.165, 1.54) is 0 Å². The molecule has 0 heterocycles. The third kappa shape index (κ3) is 12.8. The molecule has 2 aromatic carbocycles. The number of esters is 2. The molecular weight excluding hydrogens is 694 g/mol. The molecule has 3 rings (SSSR count). The van der Waals surface area contributed by atoms with Gasteiger partial charge in [-0.05, 0) is 80.0 Å². The highest BCUT2D eigenvalue weighted by Crippen LogP contribution is 2.39. The first-order valence-electron chi connectivity index (χ1n) is 17.1. The SMILES string of the molecule is C=CC(=O)OCCCCCCCCOC1=CC=C(c2cc(F)c(C(F)(F)Oc3ccc(C(=O)CCCCCOC(=O)C=C)c(F)c3F)c(F)c2)CC1. The van der Waals surface area contributed by atoms with Crippen molar-refractivity contribution in [2.75, 3.05) is 19.8 Å². The summed E-state index contributed by atoms with van der Waals surface area (Å²) in [6.45, 7) is 7.54. The smallest absolute Gasteiger partial charge is 0.432 e. The Kier molecular flexibility index (Phi) is 16.7. The summed E-state index contributed by atoms with van der Waals surface area (Å²) in [5.74, 6) is -9.48. The van der Waals surface area contributed by atoms with Crippen molar-refractivity contribution in [2.24, 2.45) is 0 Å². The molecule has 0 unspecified atom stereocenters. The lowest BCUT2D eigenvalue weighted by atomic mass is 9.95. The molecule has 0 aliphatic heterocycles. The maximum Gasteiger partial charge on any atom is 0.432 e. The monoisotopic (exact) mass is 736 g/mol. The van der Waals surface area contributed by atoms with Crippen LogP contribution in [0.1, 0.15) is 98.5 Å². The molecule has 2 aromatic rings. The highest BCUT2D eigenvalue weighted by molar-refractivity contribution is 5.96. The molecule has 0 radical (unpaired) electrons. The second-order valence-corrected chi connectivity index (χ2v) is 11.9. The first kappa shape index (κ1) is 41.6. The van der Waals surface area contributed by atoms with E-state index in [0.717, 1.165) is 56.7 Å². The lowest BCUT2D eigenvalue weighted by Crippen LogP contribution is -2.26. The Bertz CT molecular complexity index is 1630. The molecule has 0 spiro atoms. The van der Waals surface area contributed by atoms with Gasteiger partial charge in [-0.25, -0.2) is 22.8 Å². The van der Waals surface area contributed by atoms with Gasteiger partial charge in [-0.2, -0.15) is 13.2 Å². The van der Waals surface area contributed by atoms with Gasteiger partial charge >= 0.3 is 18.0 Å². The highest BCUT2D eigenvalue weighted by atomic mass is 19.3. The van der Waals surface area contributed by atoms with Gasteiger partial charge in [-0.1, -0.05) is 44.9 Å². The van der Waals surface area contributed by atoms with Gasteiger partial charge in [0.2, 0.25) is 5.82 Å². The number of rotatable bonds is 23. The number of alkyl halides is 2. The zero-order chi connectivity index (χ0) is 38.1. The molecule has 0 fully saturated rings. The summed E-state index contributed by atoms with van der Waals surface area (Å²) in [6, 6.07) is 2.78. The van der Waals surface area contributed by atoms with Gasteiger partial charge < -0.3 is 18.9 Å². The molecule has 1 aliphatic rings. The number of ether oxygens (including phenoxy) is 4. The molecule has 0 atom stereocenters. The Labute approximate surface area is 299 Å². The topological polar surface area (TPSA) is 88.1 Å². The van der Waals surface area contributed by atoms with Crippen LogP contribution in [0.25, 0.3) is 5.57 Å². The second-order valence-electron chi connectivity index (χ2n) is 11.9. The zero-order valence-electron chi connectivity index (χ0n) is 28.8. The minimum Gasteiger partial charge on any atom is -0.498 e. The fourth-order valence-corrected chi connectivity index (χ4v) is 5.31. The summed E-state index contributed by atoms with van der Waals surface area (Å²) < 4.78 is 109. The van der Waals surface area contributed by atoms with Gasteiger partial charge in [0.1, 0.15) is 17.2 Å². The van der Waals surface area contributed by atoms with Crippen molar-refractivity contribution in [3.63, 3.8) is 0 Å².